The van der Waals surface area contributed by atoms with Crippen molar-refractivity contribution in [2.45, 2.75) is 32.4 Å². The van der Waals surface area contributed by atoms with Crippen LogP contribution in [0.1, 0.15) is 18.1 Å². The van der Waals surface area contributed by atoms with Gasteiger partial charge in [-0.15, -0.1) is 0 Å². The lowest BCUT2D eigenvalue weighted by Gasteiger charge is -2.05. The SMILES string of the molecule is COc1ccc(CCn2ccc(CC(C)N)c2)cc1. The second kappa shape index (κ2) is 6.43. The van der Waals surface area contributed by atoms with Crippen LogP contribution in [0.15, 0.2) is 42.7 Å². The highest BCUT2D eigenvalue weighted by Gasteiger charge is 2.01. The van der Waals surface area contributed by atoms with E-state index in [1.54, 1.807) is 7.11 Å². The van der Waals surface area contributed by atoms with E-state index in [0.717, 1.165) is 25.1 Å². The van der Waals surface area contributed by atoms with Gasteiger partial charge in [0.05, 0.1) is 7.11 Å². The molecular weight excluding hydrogens is 236 g/mol. The molecule has 0 bridgehead atoms. The Hall–Kier alpha value is -1.74. The van der Waals surface area contributed by atoms with Crippen LogP contribution in [0.2, 0.25) is 0 Å². The molecule has 0 fully saturated rings. The van der Waals surface area contributed by atoms with E-state index in [2.05, 4.69) is 35.2 Å². The largest absolute Gasteiger partial charge is 0.497 e. The summed E-state index contributed by atoms with van der Waals surface area (Å²) in [5.74, 6) is 0.906. The van der Waals surface area contributed by atoms with Gasteiger partial charge < -0.3 is 15.0 Å². The number of hydrogen-bond acceptors (Lipinski definition) is 2. The minimum atomic E-state index is 0.220. The molecule has 1 aromatic heterocycles. The minimum absolute atomic E-state index is 0.220. The van der Waals surface area contributed by atoms with Gasteiger partial charge >= 0.3 is 0 Å². The summed E-state index contributed by atoms with van der Waals surface area (Å²) in [5.41, 5.74) is 8.44. The van der Waals surface area contributed by atoms with Crippen molar-refractivity contribution in [3.8, 4) is 5.75 Å². The van der Waals surface area contributed by atoms with Crippen LogP contribution in [0.4, 0.5) is 0 Å². The van der Waals surface area contributed by atoms with Gasteiger partial charge in [0.1, 0.15) is 5.75 Å². The second-order valence-corrected chi connectivity index (χ2v) is 5.04. The van der Waals surface area contributed by atoms with Crippen LogP contribution in [0.25, 0.3) is 0 Å². The predicted octanol–water partition coefficient (Wildman–Crippen LogP) is 2.63. The summed E-state index contributed by atoms with van der Waals surface area (Å²) in [6.45, 7) is 3.03. The lowest BCUT2D eigenvalue weighted by atomic mass is 10.1. The van der Waals surface area contributed by atoms with Gasteiger partial charge in [-0.1, -0.05) is 12.1 Å². The Kier molecular flexibility index (Phi) is 4.63. The normalized spacial score (nSPS) is 12.4. The summed E-state index contributed by atoms with van der Waals surface area (Å²) >= 11 is 0. The number of benzene rings is 1. The lowest BCUT2D eigenvalue weighted by molar-refractivity contribution is 0.414. The van der Waals surface area contributed by atoms with Gasteiger partial charge in [0.15, 0.2) is 0 Å². The number of nitrogens with two attached hydrogens (primary N) is 1. The first kappa shape index (κ1) is 13.7. The highest BCUT2D eigenvalue weighted by molar-refractivity contribution is 5.27. The Morgan fingerprint density at radius 2 is 1.89 bits per heavy atom. The molecule has 19 heavy (non-hydrogen) atoms. The van der Waals surface area contributed by atoms with E-state index >= 15 is 0 Å². The van der Waals surface area contributed by atoms with Gasteiger partial charge in [-0.2, -0.15) is 0 Å². The third kappa shape index (κ3) is 4.14. The maximum absolute atomic E-state index is 5.80. The second-order valence-electron chi connectivity index (χ2n) is 5.04. The van der Waals surface area contributed by atoms with Crippen molar-refractivity contribution in [2.75, 3.05) is 7.11 Å². The summed E-state index contributed by atoms with van der Waals surface area (Å²) in [6.07, 6.45) is 6.28. The average Bonchev–Trinajstić information content (AvgIpc) is 2.84. The van der Waals surface area contributed by atoms with E-state index < -0.39 is 0 Å². The zero-order valence-corrected chi connectivity index (χ0v) is 11.7. The van der Waals surface area contributed by atoms with Crippen molar-refractivity contribution in [1.82, 2.24) is 4.57 Å². The Balaban J connectivity index is 1.89. The molecule has 2 N–H and O–H groups in total. The average molecular weight is 258 g/mol. The van der Waals surface area contributed by atoms with Crippen LogP contribution in [-0.2, 0) is 19.4 Å². The van der Waals surface area contributed by atoms with Crippen LogP contribution in [0.3, 0.4) is 0 Å². The lowest BCUT2D eigenvalue weighted by Crippen LogP contribution is -2.17. The molecule has 0 saturated heterocycles. The maximum Gasteiger partial charge on any atom is 0.118 e. The molecule has 3 heteroatoms. The van der Waals surface area contributed by atoms with Gasteiger partial charge in [-0.05, 0) is 49.1 Å². The van der Waals surface area contributed by atoms with Crippen molar-refractivity contribution in [3.05, 3.63) is 53.9 Å². The monoisotopic (exact) mass is 258 g/mol. The molecule has 0 aliphatic rings. The van der Waals surface area contributed by atoms with Crippen molar-refractivity contribution < 1.29 is 4.74 Å². The molecular formula is C16H22N2O. The first-order chi connectivity index (χ1) is 9.17. The molecule has 1 unspecified atom stereocenters. The summed E-state index contributed by atoms with van der Waals surface area (Å²) < 4.78 is 7.38. The third-order valence-electron chi connectivity index (χ3n) is 3.19. The Bertz CT molecular complexity index is 500. The number of hydrogen-bond donors (Lipinski definition) is 1. The fourth-order valence-electron chi connectivity index (χ4n) is 2.17. The summed E-state index contributed by atoms with van der Waals surface area (Å²) in [7, 11) is 1.69. The fourth-order valence-corrected chi connectivity index (χ4v) is 2.17. The van der Waals surface area contributed by atoms with Crippen LogP contribution in [0.5, 0.6) is 5.75 Å². The molecule has 0 aliphatic heterocycles. The molecule has 1 atom stereocenters. The highest BCUT2D eigenvalue weighted by atomic mass is 16.5. The molecule has 0 spiro atoms. The summed E-state index contributed by atoms with van der Waals surface area (Å²) in [4.78, 5) is 0. The van der Waals surface area contributed by atoms with Gasteiger partial charge in [-0.3, -0.25) is 0 Å². The van der Waals surface area contributed by atoms with Gasteiger partial charge in [0.2, 0.25) is 0 Å². The van der Waals surface area contributed by atoms with E-state index in [0.29, 0.717) is 0 Å². The first-order valence-corrected chi connectivity index (χ1v) is 6.70. The van der Waals surface area contributed by atoms with Gasteiger partial charge in [0.25, 0.3) is 0 Å². The molecule has 102 valence electrons. The van der Waals surface area contributed by atoms with Crippen molar-refractivity contribution >= 4 is 0 Å². The Labute approximate surface area is 115 Å². The quantitative estimate of drug-likeness (QED) is 0.865. The zero-order valence-electron chi connectivity index (χ0n) is 11.7. The van der Waals surface area contributed by atoms with Crippen LogP contribution >= 0.6 is 0 Å². The van der Waals surface area contributed by atoms with E-state index in [-0.39, 0.29) is 6.04 Å². The molecule has 0 radical (unpaired) electrons. The van der Waals surface area contributed by atoms with Crippen LogP contribution in [-0.4, -0.2) is 17.7 Å². The molecule has 1 aromatic carbocycles. The number of aryl methyl sites for hydroxylation is 2. The molecule has 0 amide bonds. The van der Waals surface area contributed by atoms with Crippen LogP contribution < -0.4 is 10.5 Å². The van der Waals surface area contributed by atoms with Crippen molar-refractivity contribution in [2.24, 2.45) is 5.73 Å². The molecule has 0 saturated carbocycles. The summed E-state index contributed by atoms with van der Waals surface area (Å²) in [5, 5.41) is 0. The number of nitrogens with zero attached hydrogens (tertiary/aromatic N) is 1. The topological polar surface area (TPSA) is 40.2 Å². The van der Waals surface area contributed by atoms with E-state index in [4.69, 9.17) is 10.5 Å². The van der Waals surface area contributed by atoms with Gasteiger partial charge in [-0.25, -0.2) is 0 Å². The number of rotatable bonds is 6. The maximum atomic E-state index is 5.80. The predicted molar refractivity (Wildman–Crippen MR) is 78.5 cm³/mol. The van der Waals surface area contributed by atoms with Crippen LogP contribution in [0, 0.1) is 0 Å². The van der Waals surface area contributed by atoms with E-state index in [1.165, 1.54) is 11.1 Å². The van der Waals surface area contributed by atoms with Crippen molar-refractivity contribution in [3.63, 3.8) is 0 Å². The number of methoxy groups -OCH3 is 1. The zero-order chi connectivity index (χ0) is 13.7. The number of ether oxygens (including phenoxy) is 1. The molecule has 1 heterocycles. The van der Waals surface area contributed by atoms with Crippen molar-refractivity contribution in [1.29, 1.82) is 0 Å². The Morgan fingerprint density at radius 1 is 1.16 bits per heavy atom. The molecule has 2 rings (SSSR count). The molecule has 0 aliphatic carbocycles. The number of aromatic nitrogens is 1. The summed E-state index contributed by atoms with van der Waals surface area (Å²) in [6, 6.07) is 10.6. The fraction of sp³-hybridized carbons (Fsp3) is 0.375. The minimum Gasteiger partial charge on any atom is -0.497 e. The Morgan fingerprint density at radius 3 is 2.53 bits per heavy atom. The highest BCUT2D eigenvalue weighted by Crippen LogP contribution is 2.12. The first-order valence-electron chi connectivity index (χ1n) is 6.70. The third-order valence-corrected chi connectivity index (χ3v) is 3.19. The smallest absolute Gasteiger partial charge is 0.118 e. The van der Waals surface area contributed by atoms with E-state index in [1.807, 2.05) is 19.1 Å². The molecule has 2 aromatic rings. The van der Waals surface area contributed by atoms with Gasteiger partial charge in [0, 0.05) is 25.0 Å². The molecule has 3 nitrogen and oxygen atoms in total. The standard InChI is InChI=1S/C16H22N2O/c1-13(17)11-15-8-10-18(12-15)9-7-14-3-5-16(19-2)6-4-14/h3-6,8,10,12-13H,7,9,11,17H2,1-2H3. The van der Waals surface area contributed by atoms with E-state index in [9.17, 15) is 0 Å².